The van der Waals surface area contributed by atoms with Crippen molar-refractivity contribution < 1.29 is 22.7 Å². The van der Waals surface area contributed by atoms with Gasteiger partial charge in [-0.15, -0.1) is 0 Å². The molecule has 0 fully saturated rings. The van der Waals surface area contributed by atoms with E-state index < -0.39 is 23.8 Å². The zero-order valence-electron chi connectivity index (χ0n) is 19.2. The molecule has 1 N–H and O–H groups in total. The van der Waals surface area contributed by atoms with Crippen LogP contribution in [0.25, 0.3) is 10.9 Å². The van der Waals surface area contributed by atoms with Crippen molar-refractivity contribution in [1.82, 2.24) is 14.5 Å². The zero-order valence-corrected chi connectivity index (χ0v) is 19.2. The Labute approximate surface area is 195 Å². The third-order valence-electron chi connectivity index (χ3n) is 5.42. The van der Waals surface area contributed by atoms with Crippen molar-refractivity contribution >= 4 is 22.6 Å². The zero-order chi connectivity index (χ0) is 24.9. The topological polar surface area (TPSA) is 76.5 Å². The van der Waals surface area contributed by atoms with Crippen LogP contribution >= 0.6 is 0 Å². The first-order valence-corrected chi connectivity index (χ1v) is 10.9. The van der Waals surface area contributed by atoms with E-state index in [-0.39, 0.29) is 24.4 Å². The summed E-state index contributed by atoms with van der Waals surface area (Å²) >= 11 is 0. The number of hydrogen-bond donors (Lipinski definition) is 1. The van der Waals surface area contributed by atoms with E-state index in [1.54, 1.807) is 31.2 Å². The number of alkyl halides is 3. The van der Waals surface area contributed by atoms with Gasteiger partial charge < -0.3 is 15.0 Å². The summed E-state index contributed by atoms with van der Waals surface area (Å²) in [4.78, 5) is 32.4. The SMILES string of the molecule is CCCN(C(=O)Nc1cccc(C(F)(F)F)c1)C(C)c1nc2ccccc2c(=O)n1CCOC. The van der Waals surface area contributed by atoms with Crippen LogP contribution in [0.15, 0.2) is 53.3 Å². The summed E-state index contributed by atoms with van der Waals surface area (Å²) in [5.74, 6) is 0.369. The Bertz CT molecular complexity index is 1210. The molecule has 0 radical (unpaired) electrons. The van der Waals surface area contributed by atoms with Gasteiger partial charge in [0.25, 0.3) is 5.56 Å². The van der Waals surface area contributed by atoms with Crippen LogP contribution in [0.5, 0.6) is 0 Å². The van der Waals surface area contributed by atoms with Crippen LogP contribution in [0.3, 0.4) is 0 Å². The predicted octanol–water partition coefficient (Wildman–Crippen LogP) is 5.07. The van der Waals surface area contributed by atoms with Crippen molar-refractivity contribution in [2.24, 2.45) is 0 Å². The van der Waals surface area contributed by atoms with Gasteiger partial charge in [0.05, 0.1) is 35.7 Å². The number of anilines is 1. The van der Waals surface area contributed by atoms with Crippen LogP contribution in [0, 0.1) is 0 Å². The fraction of sp³-hybridized carbons (Fsp3) is 0.375. The Morgan fingerprint density at radius 2 is 1.94 bits per heavy atom. The van der Waals surface area contributed by atoms with Gasteiger partial charge in [-0.25, -0.2) is 9.78 Å². The lowest BCUT2D eigenvalue weighted by molar-refractivity contribution is -0.137. The molecular weight excluding hydrogens is 449 g/mol. The lowest BCUT2D eigenvalue weighted by Crippen LogP contribution is -2.40. The lowest BCUT2D eigenvalue weighted by atomic mass is 10.2. The van der Waals surface area contributed by atoms with Crippen LogP contribution in [-0.4, -0.2) is 40.7 Å². The Kier molecular flexibility index (Phi) is 7.93. The number of carbonyl (C=O) groups excluding carboxylic acids is 1. The molecule has 0 spiro atoms. The van der Waals surface area contributed by atoms with Crippen molar-refractivity contribution in [2.75, 3.05) is 25.6 Å². The van der Waals surface area contributed by atoms with Gasteiger partial charge in [-0.2, -0.15) is 13.2 Å². The summed E-state index contributed by atoms with van der Waals surface area (Å²) in [6.45, 7) is 4.43. The molecule has 1 heterocycles. The van der Waals surface area contributed by atoms with Gasteiger partial charge >= 0.3 is 12.2 Å². The molecule has 0 saturated carbocycles. The van der Waals surface area contributed by atoms with Gasteiger partial charge in [-0.3, -0.25) is 9.36 Å². The fourth-order valence-electron chi connectivity index (χ4n) is 3.72. The van der Waals surface area contributed by atoms with E-state index in [0.29, 0.717) is 29.7 Å². The van der Waals surface area contributed by atoms with Gasteiger partial charge in [-0.1, -0.05) is 25.1 Å². The minimum Gasteiger partial charge on any atom is -0.383 e. The second-order valence-corrected chi connectivity index (χ2v) is 7.81. The second kappa shape index (κ2) is 10.7. The molecule has 3 rings (SSSR count). The third-order valence-corrected chi connectivity index (χ3v) is 5.42. The van der Waals surface area contributed by atoms with E-state index in [1.165, 1.54) is 28.7 Å². The number of halogens is 3. The van der Waals surface area contributed by atoms with E-state index in [2.05, 4.69) is 10.3 Å². The number of benzene rings is 2. The van der Waals surface area contributed by atoms with Gasteiger partial charge in [0.2, 0.25) is 0 Å². The molecule has 182 valence electrons. The molecule has 10 heteroatoms. The van der Waals surface area contributed by atoms with Crippen LogP contribution in [-0.2, 0) is 17.5 Å². The van der Waals surface area contributed by atoms with Crippen molar-refractivity contribution in [3.05, 3.63) is 70.3 Å². The lowest BCUT2D eigenvalue weighted by Gasteiger charge is -2.30. The minimum atomic E-state index is -4.52. The highest BCUT2D eigenvalue weighted by atomic mass is 19.4. The quantitative estimate of drug-likeness (QED) is 0.493. The van der Waals surface area contributed by atoms with E-state index in [9.17, 15) is 22.8 Å². The number of nitrogens with one attached hydrogen (secondary N) is 1. The van der Waals surface area contributed by atoms with Gasteiger partial charge in [0.15, 0.2) is 0 Å². The number of urea groups is 1. The maximum Gasteiger partial charge on any atom is 0.416 e. The van der Waals surface area contributed by atoms with Crippen molar-refractivity contribution in [3.8, 4) is 0 Å². The fourth-order valence-corrected chi connectivity index (χ4v) is 3.72. The number of fused-ring (bicyclic) bond motifs is 1. The molecule has 0 aliphatic heterocycles. The Hall–Kier alpha value is -3.40. The maximum atomic E-state index is 13.2. The number of para-hydroxylation sites is 1. The molecule has 34 heavy (non-hydrogen) atoms. The monoisotopic (exact) mass is 476 g/mol. The van der Waals surface area contributed by atoms with Crippen LogP contribution < -0.4 is 10.9 Å². The normalized spacial score (nSPS) is 12.5. The van der Waals surface area contributed by atoms with Gasteiger partial charge in [-0.05, 0) is 43.7 Å². The highest BCUT2D eigenvalue weighted by Gasteiger charge is 2.31. The number of aromatic nitrogens is 2. The summed E-state index contributed by atoms with van der Waals surface area (Å²) in [6.07, 6.45) is -3.93. The molecule has 1 unspecified atom stereocenters. The van der Waals surface area contributed by atoms with Crippen molar-refractivity contribution in [2.45, 2.75) is 39.0 Å². The number of hydrogen-bond acceptors (Lipinski definition) is 4. The molecular formula is C24H27F3N4O3. The summed E-state index contributed by atoms with van der Waals surface area (Å²) in [5, 5.41) is 3.00. The predicted molar refractivity (Wildman–Crippen MR) is 124 cm³/mol. The molecule has 2 aromatic carbocycles. The molecule has 0 aliphatic carbocycles. The molecule has 3 aromatic rings. The molecule has 0 aliphatic rings. The molecule has 0 bridgehead atoms. The highest BCUT2D eigenvalue weighted by molar-refractivity contribution is 5.89. The first kappa shape index (κ1) is 25.2. The average molecular weight is 476 g/mol. The summed E-state index contributed by atoms with van der Waals surface area (Å²) in [6, 6.07) is 10.2. The number of carbonyl (C=O) groups is 1. The number of amides is 2. The first-order chi connectivity index (χ1) is 16.2. The Balaban J connectivity index is 1.99. The van der Waals surface area contributed by atoms with Crippen LogP contribution in [0.1, 0.15) is 37.7 Å². The van der Waals surface area contributed by atoms with Crippen LogP contribution in [0.4, 0.5) is 23.7 Å². The largest absolute Gasteiger partial charge is 0.416 e. The Morgan fingerprint density at radius 1 is 1.21 bits per heavy atom. The third kappa shape index (κ3) is 5.56. The molecule has 2 amide bonds. The van der Waals surface area contributed by atoms with E-state index in [1.807, 2.05) is 6.92 Å². The van der Waals surface area contributed by atoms with E-state index in [0.717, 1.165) is 12.1 Å². The highest BCUT2D eigenvalue weighted by Crippen LogP contribution is 2.31. The minimum absolute atomic E-state index is 0.0244. The van der Waals surface area contributed by atoms with Crippen molar-refractivity contribution in [1.29, 1.82) is 0 Å². The molecule has 1 aromatic heterocycles. The number of rotatable bonds is 8. The average Bonchev–Trinajstić information content (AvgIpc) is 2.81. The smallest absolute Gasteiger partial charge is 0.383 e. The second-order valence-electron chi connectivity index (χ2n) is 7.81. The molecule has 7 nitrogen and oxygen atoms in total. The summed E-state index contributed by atoms with van der Waals surface area (Å²) < 4.78 is 45.8. The van der Waals surface area contributed by atoms with E-state index >= 15 is 0 Å². The van der Waals surface area contributed by atoms with Gasteiger partial charge in [0.1, 0.15) is 5.82 Å². The summed E-state index contributed by atoms with van der Waals surface area (Å²) in [7, 11) is 1.52. The molecule has 1 atom stereocenters. The molecule has 0 saturated heterocycles. The number of methoxy groups -OCH3 is 1. The number of nitrogens with zero attached hydrogens (tertiary/aromatic N) is 3. The Morgan fingerprint density at radius 3 is 2.62 bits per heavy atom. The first-order valence-electron chi connectivity index (χ1n) is 10.9. The van der Waals surface area contributed by atoms with E-state index in [4.69, 9.17) is 4.74 Å². The maximum absolute atomic E-state index is 13.2. The van der Waals surface area contributed by atoms with Gasteiger partial charge in [0, 0.05) is 19.3 Å². The number of ether oxygens (including phenoxy) is 1. The standard InChI is InChI=1S/C24H27F3N4O3/c1-4-12-30(23(33)28-18-9-7-8-17(15-18)24(25,26)27)16(2)21-29-20-11-6-5-10-19(20)22(32)31(21)13-14-34-3/h5-11,15-16H,4,12-14H2,1-3H3,(H,28,33). The summed E-state index contributed by atoms with van der Waals surface area (Å²) in [5.41, 5.74) is -0.585. The van der Waals surface area contributed by atoms with Crippen molar-refractivity contribution in [3.63, 3.8) is 0 Å². The van der Waals surface area contributed by atoms with Crippen LogP contribution in [0.2, 0.25) is 0 Å².